The smallest absolute Gasteiger partial charge is 0.288 e. The van der Waals surface area contributed by atoms with Crippen molar-refractivity contribution in [2.45, 2.75) is 19.4 Å². The highest BCUT2D eigenvalue weighted by Gasteiger charge is 2.23. The Morgan fingerprint density at radius 1 is 1.53 bits per heavy atom. The summed E-state index contributed by atoms with van der Waals surface area (Å²) in [7, 11) is -3.32. The summed E-state index contributed by atoms with van der Waals surface area (Å²) in [5, 5.41) is 8.50. The number of carbonyl (C=O) groups is 1. The Labute approximate surface area is 99.3 Å². The van der Waals surface area contributed by atoms with E-state index in [4.69, 9.17) is 0 Å². The molecule has 0 bridgehead atoms. The van der Waals surface area contributed by atoms with Crippen LogP contribution in [0.2, 0.25) is 0 Å². The SMILES string of the molecule is CC(C)(CNC(=O)c1ncn[nH]1)NS(C)(=O)=O. The van der Waals surface area contributed by atoms with Crippen LogP contribution in [0.15, 0.2) is 6.33 Å². The minimum absolute atomic E-state index is 0.0835. The molecule has 0 saturated carbocycles. The fraction of sp³-hybridized carbons (Fsp3) is 0.625. The molecular weight excluding hydrogens is 246 g/mol. The Hall–Kier alpha value is -1.48. The number of rotatable bonds is 5. The van der Waals surface area contributed by atoms with Crippen LogP contribution in [0.3, 0.4) is 0 Å². The van der Waals surface area contributed by atoms with Crippen LogP contribution in [0.4, 0.5) is 0 Å². The molecule has 8 nitrogen and oxygen atoms in total. The quantitative estimate of drug-likeness (QED) is 0.619. The van der Waals surface area contributed by atoms with Gasteiger partial charge in [-0.1, -0.05) is 0 Å². The second-order valence-electron chi connectivity index (χ2n) is 4.27. The van der Waals surface area contributed by atoms with Crippen LogP contribution in [0.25, 0.3) is 0 Å². The lowest BCUT2D eigenvalue weighted by atomic mass is 10.1. The van der Waals surface area contributed by atoms with Crippen LogP contribution in [0.1, 0.15) is 24.5 Å². The third-order valence-electron chi connectivity index (χ3n) is 1.78. The third-order valence-corrected chi connectivity index (χ3v) is 2.71. The molecule has 0 unspecified atom stereocenters. The topological polar surface area (TPSA) is 117 Å². The monoisotopic (exact) mass is 261 g/mol. The number of hydrogen-bond acceptors (Lipinski definition) is 5. The standard InChI is InChI=1S/C8H15N5O3S/c1-8(2,13-17(3,15)16)4-9-7(14)6-10-5-11-12-6/h5,13H,4H2,1-3H3,(H,9,14)(H,10,11,12). The molecule has 0 aliphatic rings. The average molecular weight is 261 g/mol. The van der Waals surface area contributed by atoms with Gasteiger partial charge in [0.25, 0.3) is 5.91 Å². The van der Waals surface area contributed by atoms with Crippen molar-refractivity contribution in [2.24, 2.45) is 0 Å². The van der Waals surface area contributed by atoms with Gasteiger partial charge in [0.05, 0.1) is 6.26 Å². The molecule has 0 spiro atoms. The molecule has 1 rings (SSSR count). The summed E-state index contributed by atoms with van der Waals surface area (Å²) in [6.45, 7) is 3.46. The van der Waals surface area contributed by atoms with E-state index < -0.39 is 21.5 Å². The summed E-state index contributed by atoms with van der Waals surface area (Å²) in [6.07, 6.45) is 2.28. The van der Waals surface area contributed by atoms with Crippen LogP contribution in [0, 0.1) is 0 Å². The zero-order chi connectivity index (χ0) is 13.1. The normalized spacial score (nSPS) is 12.4. The number of H-pyrrole nitrogens is 1. The highest BCUT2D eigenvalue weighted by Crippen LogP contribution is 2.02. The molecule has 1 heterocycles. The summed E-state index contributed by atoms with van der Waals surface area (Å²) in [4.78, 5) is 15.2. The van der Waals surface area contributed by atoms with Gasteiger partial charge < -0.3 is 5.32 Å². The minimum Gasteiger partial charge on any atom is -0.347 e. The van der Waals surface area contributed by atoms with Crippen molar-refractivity contribution in [3.8, 4) is 0 Å². The summed E-state index contributed by atoms with van der Waals surface area (Å²) in [5.41, 5.74) is -0.775. The van der Waals surface area contributed by atoms with E-state index in [1.165, 1.54) is 6.33 Å². The van der Waals surface area contributed by atoms with Gasteiger partial charge in [-0.05, 0) is 13.8 Å². The van der Waals surface area contributed by atoms with Crippen LogP contribution in [-0.2, 0) is 10.0 Å². The molecule has 1 aromatic rings. The van der Waals surface area contributed by atoms with Gasteiger partial charge in [-0.2, -0.15) is 5.10 Å². The summed E-state index contributed by atoms with van der Waals surface area (Å²) in [6, 6.07) is 0. The van der Waals surface area contributed by atoms with Crippen molar-refractivity contribution >= 4 is 15.9 Å². The van der Waals surface area contributed by atoms with E-state index >= 15 is 0 Å². The zero-order valence-corrected chi connectivity index (χ0v) is 10.6. The Bertz CT molecular complexity index is 479. The molecule has 1 aromatic heterocycles. The number of amides is 1. The van der Waals surface area contributed by atoms with Gasteiger partial charge in [0.1, 0.15) is 6.33 Å². The van der Waals surface area contributed by atoms with Crippen molar-refractivity contribution in [3.63, 3.8) is 0 Å². The van der Waals surface area contributed by atoms with Gasteiger partial charge in [0, 0.05) is 12.1 Å². The lowest BCUT2D eigenvalue weighted by Crippen LogP contribution is -2.51. The maximum atomic E-state index is 11.5. The van der Waals surface area contributed by atoms with Crippen molar-refractivity contribution in [1.82, 2.24) is 25.2 Å². The van der Waals surface area contributed by atoms with Crippen LogP contribution >= 0.6 is 0 Å². The molecule has 0 aromatic carbocycles. The Kier molecular flexibility index (Phi) is 3.83. The maximum absolute atomic E-state index is 11.5. The highest BCUT2D eigenvalue weighted by molar-refractivity contribution is 7.88. The molecule has 17 heavy (non-hydrogen) atoms. The minimum atomic E-state index is -3.32. The van der Waals surface area contributed by atoms with Crippen LogP contribution in [-0.4, -0.2) is 47.8 Å². The molecule has 0 aliphatic carbocycles. The highest BCUT2D eigenvalue weighted by atomic mass is 32.2. The molecule has 96 valence electrons. The van der Waals surface area contributed by atoms with Crippen molar-refractivity contribution in [3.05, 3.63) is 12.2 Å². The van der Waals surface area contributed by atoms with E-state index in [-0.39, 0.29) is 12.4 Å². The van der Waals surface area contributed by atoms with Crippen molar-refractivity contribution in [1.29, 1.82) is 0 Å². The van der Waals surface area contributed by atoms with E-state index in [1.54, 1.807) is 13.8 Å². The second-order valence-corrected chi connectivity index (χ2v) is 6.02. The summed E-state index contributed by atoms with van der Waals surface area (Å²) >= 11 is 0. The van der Waals surface area contributed by atoms with Gasteiger partial charge in [-0.25, -0.2) is 18.1 Å². The molecule has 0 radical (unpaired) electrons. The van der Waals surface area contributed by atoms with E-state index in [1.807, 2.05) is 0 Å². The second kappa shape index (κ2) is 4.80. The first kappa shape index (κ1) is 13.6. The predicted molar refractivity (Wildman–Crippen MR) is 60.8 cm³/mol. The lowest BCUT2D eigenvalue weighted by molar-refractivity contribution is 0.0934. The first-order chi connectivity index (χ1) is 7.70. The van der Waals surface area contributed by atoms with Crippen molar-refractivity contribution < 1.29 is 13.2 Å². The number of nitrogens with one attached hydrogen (secondary N) is 3. The van der Waals surface area contributed by atoms with E-state index in [9.17, 15) is 13.2 Å². The first-order valence-electron chi connectivity index (χ1n) is 4.82. The molecule has 3 N–H and O–H groups in total. The van der Waals surface area contributed by atoms with Gasteiger partial charge in [-0.15, -0.1) is 0 Å². The number of aromatic amines is 1. The molecule has 1 amide bonds. The third kappa shape index (κ3) is 4.91. The maximum Gasteiger partial charge on any atom is 0.288 e. The molecule has 9 heteroatoms. The number of aromatic nitrogens is 3. The van der Waals surface area contributed by atoms with Gasteiger partial charge in [0.15, 0.2) is 0 Å². The van der Waals surface area contributed by atoms with E-state index in [0.29, 0.717) is 0 Å². The van der Waals surface area contributed by atoms with Crippen molar-refractivity contribution in [2.75, 3.05) is 12.8 Å². The van der Waals surface area contributed by atoms with Gasteiger partial charge >= 0.3 is 0 Å². The van der Waals surface area contributed by atoms with Crippen LogP contribution < -0.4 is 10.0 Å². The predicted octanol–water partition coefficient (Wildman–Crippen LogP) is -1.14. The molecule has 0 fully saturated rings. The average Bonchev–Trinajstić information content (AvgIpc) is 2.63. The number of hydrogen-bond donors (Lipinski definition) is 3. The molecule has 0 aliphatic heterocycles. The Morgan fingerprint density at radius 3 is 2.65 bits per heavy atom. The van der Waals surface area contributed by atoms with E-state index in [2.05, 4.69) is 25.2 Å². The fourth-order valence-electron chi connectivity index (χ4n) is 1.24. The number of sulfonamides is 1. The lowest BCUT2D eigenvalue weighted by Gasteiger charge is -2.24. The largest absolute Gasteiger partial charge is 0.347 e. The van der Waals surface area contributed by atoms with Crippen LogP contribution in [0.5, 0.6) is 0 Å². The summed E-state index contributed by atoms with van der Waals surface area (Å²) < 4.78 is 24.5. The molecular formula is C8H15N5O3S. The fourth-order valence-corrected chi connectivity index (χ4v) is 2.31. The summed E-state index contributed by atoms with van der Waals surface area (Å²) in [5.74, 6) is -0.356. The number of nitrogens with zero attached hydrogens (tertiary/aromatic N) is 2. The number of carbonyl (C=O) groups excluding carboxylic acids is 1. The van der Waals surface area contributed by atoms with Gasteiger partial charge in [0.2, 0.25) is 15.8 Å². The first-order valence-corrected chi connectivity index (χ1v) is 6.71. The molecule has 0 atom stereocenters. The molecule has 0 saturated heterocycles. The van der Waals surface area contributed by atoms with E-state index in [0.717, 1.165) is 6.26 Å². The van der Waals surface area contributed by atoms with Gasteiger partial charge in [-0.3, -0.25) is 9.89 Å². The zero-order valence-electron chi connectivity index (χ0n) is 9.81. The Balaban J connectivity index is 2.53. The Morgan fingerprint density at radius 2 is 2.18 bits per heavy atom.